The number of hydrogen-bond acceptors (Lipinski definition) is 4. The molecule has 0 unspecified atom stereocenters. The molecule has 0 aromatic heterocycles. The van der Waals surface area contributed by atoms with Gasteiger partial charge in [0.1, 0.15) is 0 Å². The van der Waals surface area contributed by atoms with Gasteiger partial charge < -0.3 is 10.5 Å². The van der Waals surface area contributed by atoms with Crippen LogP contribution in [0.15, 0.2) is 0 Å². The number of hydrogen-bond donors (Lipinski definition) is 3. The highest BCUT2D eigenvalue weighted by molar-refractivity contribution is 5.82. The van der Waals surface area contributed by atoms with E-state index in [4.69, 9.17) is 16.3 Å². The van der Waals surface area contributed by atoms with Crippen molar-refractivity contribution < 1.29 is 9.53 Å². The van der Waals surface area contributed by atoms with Crippen LogP contribution in [0, 0.1) is 5.41 Å². The number of carbonyl (C=O) groups is 1. The molecular formula is C7H15N3O2. The Hall–Kier alpha value is -0.650. The fourth-order valence-corrected chi connectivity index (χ4v) is 1.44. The Morgan fingerprint density at radius 1 is 1.50 bits per heavy atom. The van der Waals surface area contributed by atoms with Gasteiger partial charge in [-0.1, -0.05) is 0 Å². The van der Waals surface area contributed by atoms with Crippen molar-refractivity contribution in [1.82, 2.24) is 5.43 Å². The minimum Gasteiger partial charge on any atom is -0.381 e. The average Bonchev–Trinajstić information content (AvgIpc) is 2.17. The molecule has 0 bridgehead atoms. The van der Waals surface area contributed by atoms with Crippen LogP contribution in [-0.4, -0.2) is 25.7 Å². The minimum atomic E-state index is -0.493. The lowest BCUT2D eigenvalue weighted by Gasteiger charge is -2.33. The van der Waals surface area contributed by atoms with E-state index >= 15 is 0 Å². The van der Waals surface area contributed by atoms with Crippen LogP contribution in [-0.2, 0) is 9.53 Å². The Kier molecular flexibility index (Phi) is 3.02. The lowest BCUT2D eigenvalue weighted by molar-refractivity contribution is -0.135. The summed E-state index contributed by atoms with van der Waals surface area (Å²) in [5.41, 5.74) is 7.20. The zero-order chi connectivity index (χ0) is 9.03. The van der Waals surface area contributed by atoms with Gasteiger partial charge in [0.05, 0.1) is 5.41 Å². The van der Waals surface area contributed by atoms with Crippen LogP contribution >= 0.6 is 0 Å². The number of rotatable bonds is 2. The average molecular weight is 173 g/mol. The third kappa shape index (κ3) is 1.57. The standard InChI is InChI=1S/C7H15N3O2/c8-5-7(6(11)10-9)1-3-12-4-2-7/h1-5,8-9H2,(H,10,11). The number of carbonyl (C=O) groups excluding carboxylic acids is 1. The molecule has 1 saturated heterocycles. The highest BCUT2D eigenvalue weighted by atomic mass is 16.5. The molecule has 12 heavy (non-hydrogen) atoms. The van der Waals surface area contributed by atoms with Crippen molar-refractivity contribution in [3.8, 4) is 0 Å². The Morgan fingerprint density at radius 2 is 2.08 bits per heavy atom. The van der Waals surface area contributed by atoms with Crippen LogP contribution < -0.4 is 17.0 Å². The van der Waals surface area contributed by atoms with Gasteiger partial charge >= 0.3 is 0 Å². The predicted molar refractivity (Wildman–Crippen MR) is 43.9 cm³/mol. The summed E-state index contributed by atoms with van der Waals surface area (Å²) in [6.45, 7) is 1.51. The first-order valence-electron chi connectivity index (χ1n) is 4.04. The molecule has 5 heteroatoms. The molecule has 1 fully saturated rings. The van der Waals surface area contributed by atoms with Crippen LogP contribution in [0.3, 0.4) is 0 Å². The molecule has 1 aliphatic rings. The number of nitrogens with one attached hydrogen (secondary N) is 1. The van der Waals surface area contributed by atoms with Crippen molar-refractivity contribution in [3.05, 3.63) is 0 Å². The van der Waals surface area contributed by atoms with Crippen molar-refractivity contribution in [2.75, 3.05) is 19.8 Å². The van der Waals surface area contributed by atoms with E-state index in [2.05, 4.69) is 5.43 Å². The van der Waals surface area contributed by atoms with Crippen LogP contribution in [0.5, 0.6) is 0 Å². The fraction of sp³-hybridized carbons (Fsp3) is 0.857. The molecule has 70 valence electrons. The molecule has 0 aromatic rings. The number of amides is 1. The normalized spacial score (nSPS) is 21.8. The monoisotopic (exact) mass is 173 g/mol. The molecule has 5 nitrogen and oxygen atoms in total. The zero-order valence-electron chi connectivity index (χ0n) is 7.01. The number of nitrogens with two attached hydrogens (primary N) is 2. The maximum Gasteiger partial charge on any atom is 0.241 e. The van der Waals surface area contributed by atoms with Gasteiger partial charge in [-0.25, -0.2) is 5.84 Å². The van der Waals surface area contributed by atoms with Crippen molar-refractivity contribution in [3.63, 3.8) is 0 Å². The fourth-order valence-electron chi connectivity index (χ4n) is 1.44. The minimum absolute atomic E-state index is 0.173. The Bertz CT molecular complexity index is 166. The summed E-state index contributed by atoms with van der Waals surface area (Å²) in [5.74, 6) is 4.89. The van der Waals surface area contributed by atoms with Crippen LogP contribution in [0.2, 0.25) is 0 Å². The van der Waals surface area contributed by atoms with E-state index in [-0.39, 0.29) is 5.91 Å². The van der Waals surface area contributed by atoms with E-state index in [1.807, 2.05) is 0 Å². The molecule has 5 N–H and O–H groups in total. The van der Waals surface area contributed by atoms with Crippen molar-refractivity contribution in [2.45, 2.75) is 12.8 Å². The number of ether oxygens (including phenoxy) is 1. The molecule has 1 rings (SSSR count). The van der Waals surface area contributed by atoms with Gasteiger partial charge in [0, 0.05) is 19.8 Å². The third-order valence-corrected chi connectivity index (χ3v) is 2.45. The summed E-state index contributed by atoms with van der Waals surface area (Å²) in [6, 6.07) is 0. The van der Waals surface area contributed by atoms with Gasteiger partial charge in [-0.15, -0.1) is 0 Å². The largest absolute Gasteiger partial charge is 0.381 e. The van der Waals surface area contributed by atoms with Crippen molar-refractivity contribution in [2.24, 2.45) is 17.0 Å². The van der Waals surface area contributed by atoms with Crippen molar-refractivity contribution >= 4 is 5.91 Å². The lowest BCUT2D eigenvalue weighted by Crippen LogP contribution is -2.51. The van der Waals surface area contributed by atoms with Gasteiger partial charge in [-0.2, -0.15) is 0 Å². The zero-order valence-corrected chi connectivity index (χ0v) is 7.01. The Morgan fingerprint density at radius 3 is 2.50 bits per heavy atom. The van der Waals surface area contributed by atoms with Crippen LogP contribution in [0.4, 0.5) is 0 Å². The van der Waals surface area contributed by atoms with Gasteiger partial charge in [0.25, 0.3) is 0 Å². The van der Waals surface area contributed by atoms with Gasteiger partial charge in [0.2, 0.25) is 5.91 Å². The van der Waals surface area contributed by atoms with E-state index in [9.17, 15) is 4.79 Å². The second-order valence-corrected chi connectivity index (χ2v) is 3.07. The maximum absolute atomic E-state index is 11.3. The van der Waals surface area contributed by atoms with Gasteiger partial charge in [0.15, 0.2) is 0 Å². The van der Waals surface area contributed by atoms with Crippen LogP contribution in [0.25, 0.3) is 0 Å². The number of hydrazine groups is 1. The summed E-state index contributed by atoms with van der Waals surface area (Å²) in [7, 11) is 0. The first-order chi connectivity index (χ1) is 5.75. The molecule has 0 atom stereocenters. The van der Waals surface area contributed by atoms with E-state index in [1.165, 1.54) is 0 Å². The first-order valence-corrected chi connectivity index (χ1v) is 4.04. The van der Waals surface area contributed by atoms with E-state index < -0.39 is 5.41 Å². The van der Waals surface area contributed by atoms with E-state index in [0.717, 1.165) is 0 Å². The summed E-state index contributed by atoms with van der Waals surface area (Å²) in [5, 5.41) is 0. The Balaban J connectivity index is 2.66. The van der Waals surface area contributed by atoms with Crippen molar-refractivity contribution in [1.29, 1.82) is 0 Å². The predicted octanol–water partition coefficient (Wildman–Crippen LogP) is -1.27. The third-order valence-electron chi connectivity index (χ3n) is 2.45. The topological polar surface area (TPSA) is 90.4 Å². The molecule has 0 aliphatic carbocycles. The maximum atomic E-state index is 11.3. The first kappa shape index (κ1) is 9.44. The van der Waals surface area contributed by atoms with Gasteiger partial charge in [-0.3, -0.25) is 10.2 Å². The molecular weight excluding hydrogens is 158 g/mol. The molecule has 0 spiro atoms. The summed E-state index contributed by atoms with van der Waals surface area (Å²) < 4.78 is 5.14. The Labute approximate surface area is 71.4 Å². The summed E-state index contributed by atoms with van der Waals surface area (Å²) in [4.78, 5) is 11.3. The second kappa shape index (κ2) is 3.84. The molecule has 0 aromatic carbocycles. The van der Waals surface area contributed by atoms with Gasteiger partial charge in [-0.05, 0) is 12.8 Å². The molecule has 1 amide bonds. The summed E-state index contributed by atoms with van der Waals surface area (Å²) >= 11 is 0. The molecule has 1 heterocycles. The lowest BCUT2D eigenvalue weighted by atomic mass is 9.79. The van der Waals surface area contributed by atoms with E-state index in [1.54, 1.807) is 0 Å². The highest BCUT2D eigenvalue weighted by Gasteiger charge is 2.38. The SMILES string of the molecule is NCC1(C(=O)NN)CCOCC1. The van der Waals surface area contributed by atoms with Crippen LogP contribution in [0.1, 0.15) is 12.8 Å². The molecule has 1 aliphatic heterocycles. The van der Waals surface area contributed by atoms with E-state index in [0.29, 0.717) is 32.6 Å². The molecule has 0 saturated carbocycles. The quantitative estimate of drug-likeness (QED) is 0.276. The molecule has 0 radical (unpaired) electrons. The smallest absolute Gasteiger partial charge is 0.241 e. The second-order valence-electron chi connectivity index (χ2n) is 3.07. The highest BCUT2D eigenvalue weighted by Crippen LogP contribution is 2.28. The summed E-state index contributed by atoms with van der Waals surface area (Å²) in [6.07, 6.45) is 1.32.